The number of hydrogen-bond acceptors (Lipinski definition) is 3. The molecule has 1 aromatic carbocycles. The summed E-state index contributed by atoms with van der Waals surface area (Å²) in [4.78, 5) is 0. The monoisotopic (exact) mass is 262 g/mol. The van der Waals surface area contributed by atoms with Crippen LogP contribution < -0.4 is 4.74 Å². The van der Waals surface area contributed by atoms with Gasteiger partial charge in [0.2, 0.25) is 0 Å². The van der Waals surface area contributed by atoms with Crippen molar-refractivity contribution < 1.29 is 14.6 Å². The molecule has 3 nitrogen and oxygen atoms in total. The first-order valence-corrected chi connectivity index (χ1v) is 6.33. The summed E-state index contributed by atoms with van der Waals surface area (Å²) in [7, 11) is 1.65. The minimum Gasteiger partial charge on any atom is -0.497 e. The maximum absolute atomic E-state index is 8.71. The molecule has 3 heteroatoms. The van der Waals surface area contributed by atoms with Crippen molar-refractivity contribution in [2.24, 2.45) is 0 Å². The van der Waals surface area contributed by atoms with Gasteiger partial charge in [-0.25, -0.2) is 0 Å². The van der Waals surface area contributed by atoms with E-state index in [0.717, 1.165) is 23.3 Å². The Morgan fingerprint density at radius 3 is 2.53 bits per heavy atom. The van der Waals surface area contributed by atoms with Crippen LogP contribution in [0.5, 0.6) is 5.75 Å². The smallest absolute Gasteiger partial charge is 0.118 e. The van der Waals surface area contributed by atoms with Crippen LogP contribution >= 0.6 is 0 Å². The van der Waals surface area contributed by atoms with Crippen LogP contribution in [0.2, 0.25) is 0 Å². The van der Waals surface area contributed by atoms with Gasteiger partial charge in [-0.3, -0.25) is 0 Å². The molecular formula is C16H22O3. The lowest BCUT2D eigenvalue weighted by Gasteiger charge is -2.16. The Bertz CT molecular complexity index is 407. The van der Waals surface area contributed by atoms with Crippen LogP contribution in [0.25, 0.3) is 0 Å². The number of ether oxygens (including phenoxy) is 2. The second-order valence-corrected chi connectivity index (χ2v) is 4.38. The molecule has 0 amide bonds. The van der Waals surface area contributed by atoms with Crippen molar-refractivity contribution in [1.29, 1.82) is 0 Å². The summed E-state index contributed by atoms with van der Waals surface area (Å²) in [6, 6.07) is 7.80. The van der Waals surface area contributed by atoms with Crippen LogP contribution in [0.15, 0.2) is 48.6 Å². The fraction of sp³-hybridized carbons (Fsp3) is 0.375. The molecule has 0 fully saturated rings. The summed E-state index contributed by atoms with van der Waals surface area (Å²) in [5.74, 6) is 0.839. The van der Waals surface area contributed by atoms with Crippen molar-refractivity contribution in [1.82, 2.24) is 0 Å². The normalized spacial score (nSPS) is 12.6. The Labute approximate surface area is 115 Å². The first-order chi connectivity index (χ1) is 9.17. The number of hydrogen-bond donors (Lipinski definition) is 1. The third kappa shape index (κ3) is 5.73. The zero-order valence-corrected chi connectivity index (χ0v) is 11.6. The van der Waals surface area contributed by atoms with Crippen molar-refractivity contribution in [2.45, 2.75) is 26.1 Å². The average Bonchev–Trinajstić information content (AvgIpc) is 2.43. The fourth-order valence-electron chi connectivity index (χ4n) is 1.62. The van der Waals surface area contributed by atoms with E-state index >= 15 is 0 Å². The van der Waals surface area contributed by atoms with Crippen LogP contribution in [0, 0.1) is 0 Å². The highest BCUT2D eigenvalue weighted by atomic mass is 16.5. The van der Waals surface area contributed by atoms with E-state index in [1.807, 2.05) is 37.3 Å². The molecule has 0 aliphatic rings. The SMILES string of the molecule is C=C(C)[C@@H](C/C=C/CO)OCc1ccc(OC)cc1. The van der Waals surface area contributed by atoms with Gasteiger partial charge < -0.3 is 14.6 Å². The van der Waals surface area contributed by atoms with Crippen molar-refractivity contribution in [3.05, 3.63) is 54.1 Å². The number of aliphatic hydroxyl groups excluding tert-OH is 1. The van der Waals surface area contributed by atoms with E-state index in [0.29, 0.717) is 6.61 Å². The lowest BCUT2D eigenvalue weighted by Crippen LogP contribution is -2.13. The van der Waals surface area contributed by atoms with Gasteiger partial charge in [0, 0.05) is 0 Å². The molecule has 104 valence electrons. The molecule has 0 aromatic heterocycles. The lowest BCUT2D eigenvalue weighted by molar-refractivity contribution is 0.0666. The van der Waals surface area contributed by atoms with E-state index in [9.17, 15) is 0 Å². The summed E-state index contributed by atoms with van der Waals surface area (Å²) < 4.78 is 10.9. The first-order valence-electron chi connectivity index (χ1n) is 6.33. The van der Waals surface area contributed by atoms with E-state index in [1.165, 1.54) is 0 Å². The van der Waals surface area contributed by atoms with Crippen molar-refractivity contribution in [2.75, 3.05) is 13.7 Å². The highest BCUT2D eigenvalue weighted by molar-refractivity contribution is 5.26. The standard InChI is InChI=1S/C16H22O3/c1-13(2)16(6-4-5-11-17)19-12-14-7-9-15(18-3)10-8-14/h4-5,7-10,16-17H,1,6,11-12H2,2-3H3/b5-4+/t16-/m1/s1. The Hall–Kier alpha value is -1.58. The van der Waals surface area contributed by atoms with Gasteiger partial charge in [0.15, 0.2) is 0 Å². The topological polar surface area (TPSA) is 38.7 Å². The Balaban J connectivity index is 2.50. The minimum absolute atomic E-state index is 0.0232. The van der Waals surface area contributed by atoms with Gasteiger partial charge in [-0.2, -0.15) is 0 Å². The highest BCUT2D eigenvalue weighted by Crippen LogP contribution is 2.15. The number of benzene rings is 1. The fourth-order valence-corrected chi connectivity index (χ4v) is 1.62. The molecule has 0 saturated heterocycles. The second kappa shape index (κ2) is 8.51. The summed E-state index contributed by atoms with van der Waals surface area (Å²) >= 11 is 0. The summed E-state index contributed by atoms with van der Waals surface area (Å²) in [5.41, 5.74) is 2.08. The van der Waals surface area contributed by atoms with E-state index in [-0.39, 0.29) is 12.7 Å². The van der Waals surface area contributed by atoms with Gasteiger partial charge in [0.1, 0.15) is 5.75 Å². The van der Waals surface area contributed by atoms with Gasteiger partial charge in [-0.15, -0.1) is 0 Å². The number of methoxy groups -OCH3 is 1. The molecule has 0 saturated carbocycles. The molecule has 0 spiro atoms. The van der Waals surface area contributed by atoms with Gasteiger partial charge in [0.25, 0.3) is 0 Å². The van der Waals surface area contributed by atoms with E-state index < -0.39 is 0 Å². The average molecular weight is 262 g/mol. The third-order valence-electron chi connectivity index (χ3n) is 2.78. The van der Waals surface area contributed by atoms with Gasteiger partial charge in [-0.05, 0) is 31.0 Å². The molecule has 0 aliphatic carbocycles. The van der Waals surface area contributed by atoms with E-state index in [4.69, 9.17) is 14.6 Å². The first kappa shape index (κ1) is 15.5. The van der Waals surface area contributed by atoms with Crippen LogP contribution in [0.1, 0.15) is 18.9 Å². The molecule has 0 unspecified atom stereocenters. The largest absolute Gasteiger partial charge is 0.497 e. The zero-order valence-electron chi connectivity index (χ0n) is 11.6. The van der Waals surface area contributed by atoms with Crippen LogP contribution in [-0.4, -0.2) is 24.9 Å². The van der Waals surface area contributed by atoms with E-state index in [2.05, 4.69) is 6.58 Å². The Morgan fingerprint density at radius 1 is 1.32 bits per heavy atom. The zero-order chi connectivity index (χ0) is 14.1. The highest BCUT2D eigenvalue weighted by Gasteiger charge is 2.08. The predicted molar refractivity (Wildman–Crippen MR) is 77.2 cm³/mol. The molecule has 1 atom stereocenters. The molecule has 0 bridgehead atoms. The van der Waals surface area contributed by atoms with Gasteiger partial charge in [0.05, 0.1) is 26.4 Å². The minimum atomic E-state index is -0.0232. The van der Waals surface area contributed by atoms with Crippen LogP contribution in [-0.2, 0) is 11.3 Å². The third-order valence-corrected chi connectivity index (χ3v) is 2.78. The molecule has 0 aliphatic heterocycles. The van der Waals surface area contributed by atoms with E-state index in [1.54, 1.807) is 13.2 Å². The van der Waals surface area contributed by atoms with Crippen molar-refractivity contribution >= 4 is 0 Å². The van der Waals surface area contributed by atoms with Gasteiger partial charge >= 0.3 is 0 Å². The second-order valence-electron chi connectivity index (χ2n) is 4.38. The number of rotatable bonds is 8. The van der Waals surface area contributed by atoms with Crippen molar-refractivity contribution in [3.63, 3.8) is 0 Å². The quantitative estimate of drug-likeness (QED) is 0.732. The lowest BCUT2D eigenvalue weighted by atomic mass is 10.1. The van der Waals surface area contributed by atoms with Crippen LogP contribution in [0.3, 0.4) is 0 Å². The predicted octanol–water partition coefficient (Wildman–Crippen LogP) is 3.10. The molecule has 0 radical (unpaired) electrons. The molecule has 1 N–H and O–H groups in total. The summed E-state index contributed by atoms with van der Waals surface area (Å²) in [6.07, 6.45) is 4.33. The maximum atomic E-state index is 8.71. The molecule has 1 rings (SSSR count). The summed E-state index contributed by atoms with van der Waals surface area (Å²) in [6.45, 7) is 6.48. The van der Waals surface area contributed by atoms with Gasteiger partial charge in [-0.1, -0.05) is 36.4 Å². The molecule has 0 heterocycles. The maximum Gasteiger partial charge on any atom is 0.118 e. The molecule has 19 heavy (non-hydrogen) atoms. The summed E-state index contributed by atoms with van der Waals surface area (Å²) in [5, 5.41) is 8.71. The Morgan fingerprint density at radius 2 is 2.00 bits per heavy atom. The van der Waals surface area contributed by atoms with Crippen LogP contribution in [0.4, 0.5) is 0 Å². The number of aliphatic hydroxyl groups is 1. The Kier molecular flexibility index (Phi) is 6.93. The van der Waals surface area contributed by atoms with Crippen molar-refractivity contribution in [3.8, 4) is 5.75 Å². The molecular weight excluding hydrogens is 240 g/mol. The molecule has 1 aromatic rings.